The third-order valence-corrected chi connectivity index (χ3v) is 7.73. The topological polar surface area (TPSA) is 103 Å². The fourth-order valence-corrected chi connectivity index (χ4v) is 5.33. The van der Waals surface area contributed by atoms with Crippen LogP contribution in [0.2, 0.25) is 0 Å². The van der Waals surface area contributed by atoms with Gasteiger partial charge in [0, 0.05) is 24.2 Å². The average molecular weight is 572 g/mol. The Morgan fingerprint density at radius 3 is 2.46 bits per heavy atom. The Labute approximate surface area is 242 Å². The van der Waals surface area contributed by atoms with Gasteiger partial charge < -0.3 is 10.6 Å². The molecular weight excluding hydrogens is 541 g/mol. The quantitative estimate of drug-likeness (QED) is 0.360. The van der Waals surface area contributed by atoms with Crippen LogP contribution in [-0.2, 0) is 20.9 Å². The molecule has 1 atom stereocenters. The second-order valence-electron chi connectivity index (χ2n) is 10.1. The van der Waals surface area contributed by atoms with Crippen molar-refractivity contribution in [1.29, 1.82) is 0 Å². The zero-order valence-corrected chi connectivity index (χ0v) is 23.6. The Balaban J connectivity index is 1.22. The lowest BCUT2D eigenvalue weighted by Crippen LogP contribution is -2.41. The summed E-state index contributed by atoms with van der Waals surface area (Å²) in [4.78, 5) is 49.5. The molecule has 10 heteroatoms. The molecule has 0 saturated heterocycles. The summed E-state index contributed by atoms with van der Waals surface area (Å²) in [6.07, 6.45) is 0.322. The number of benzene rings is 3. The van der Waals surface area contributed by atoms with Crippen LogP contribution in [0.4, 0.5) is 15.8 Å². The molecular formula is C31H30FN5O3S. The Hall–Kier alpha value is -4.31. The summed E-state index contributed by atoms with van der Waals surface area (Å²) in [5.41, 5.74) is 4.06. The first-order valence-electron chi connectivity index (χ1n) is 13.4. The van der Waals surface area contributed by atoms with Crippen LogP contribution < -0.4 is 10.6 Å². The van der Waals surface area contributed by atoms with Crippen molar-refractivity contribution in [3.8, 4) is 0 Å². The van der Waals surface area contributed by atoms with E-state index in [1.807, 2.05) is 48.5 Å². The largest absolute Gasteiger partial charge is 0.352 e. The van der Waals surface area contributed by atoms with Crippen molar-refractivity contribution in [2.24, 2.45) is 9.98 Å². The number of carbonyl (C=O) groups excluding carboxylic acids is 3. The van der Waals surface area contributed by atoms with Gasteiger partial charge in [-0.2, -0.15) is 0 Å². The maximum Gasteiger partial charge on any atom is 0.259 e. The molecule has 210 valence electrons. The molecule has 2 heterocycles. The molecule has 3 aromatic carbocycles. The number of amides is 3. The van der Waals surface area contributed by atoms with Crippen LogP contribution in [0.25, 0.3) is 0 Å². The van der Waals surface area contributed by atoms with Gasteiger partial charge in [-0.25, -0.2) is 14.3 Å². The van der Waals surface area contributed by atoms with Gasteiger partial charge in [-0.05, 0) is 59.9 Å². The number of hydrogen-bond donors (Lipinski definition) is 2. The van der Waals surface area contributed by atoms with E-state index in [9.17, 15) is 18.8 Å². The normalized spacial score (nSPS) is 15.7. The molecule has 0 aromatic heterocycles. The highest BCUT2D eigenvalue weighted by molar-refractivity contribution is 8.14. The van der Waals surface area contributed by atoms with Gasteiger partial charge in [-0.3, -0.25) is 19.4 Å². The third-order valence-electron chi connectivity index (χ3n) is 6.79. The molecule has 3 amide bonds. The number of carbonyl (C=O) groups is 3. The van der Waals surface area contributed by atoms with Crippen LogP contribution in [-0.4, -0.2) is 45.4 Å². The van der Waals surface area contributed by atoms with Gasteiger partial charge in [0.15, 0.2) is 5.17 Å². The minimum absolute atomic E-state index is 0.0560. The molecule has 0 aliphatic carbocycles. The number of fused-ring (bicyclic) bond motifs is 3. The molecule has 2 aliphatic heterocycles. The van der Waals surface area contributed by atoms with Gasteiger partial charge in [-0.15, -0.1) is 0 Å². The molecule has 0 unspecified atom stereocenters. The van der Waals surface area contributed by atoms with E-state index in [2.05, 4.69) is 34.5 Å². The van der Waals surface area contributed by atoms with Crippen LogP contribution in [0.1, 0.15) is 49.3 Å². The molecule has 3 aromatic rings. The monoisotopic (exact) mass is 571 g/mol. The Morgan fingerprint density at radius 1 is 1.00 bits per heavy atom. The van der Waals surface area contributed by atoms with E-state index in [0.717, 1.165) is 11.1 Å². The summed E-state index contributed by atoms with van der Waals surface area (Å²) >= 11 is 1.17. The number of anilines is 1. The fraction of sp³-hybridized carbons (Fsp3) is 0.258. The molecule has 0 radical (unpaired) electrons. The molecule has 0 saturated carbocycles. The molecule has 8 nitrogen and oxygen atoms in total. The number of thioether (sulfide) groups is 1. The van der Waals surface area contributed by atoms with E-state index >= 15 is 0 Å². The highest BCUT2D eigenvalue weighted by atomic mass is 32.2. The minimum atomic E-state index is -0.744. The fourth-order valence-electron chi connectivity index (χ4n) is 4.52. The number of halogens is 1. The lowest BCUT2D eigenvalue weighted by atomic mass is 10.0. The van der Waals surface area contributed by atoms with Crippen molar-refractivity contribution in [3.05, 3.63) is 95.3 Å². The van der Waals surface area contributed by atoms with Crippen molar-refractivity contribution in [1.82, 2.24) is 10.2 Å². The van der Waals surface area contributed by atoms with Gasteiger partial charge in [0.25, 0.3) is 5.91 Å². The van der Waals surface area contributed by atoms with Crippen LogP contribution in [0.3, 0.4) is 0 Å². The summed E-state index contributed by atoms with van der Waals surface area (Å²) in [5, 5.41) is 6.07. The predicted octanol–water partition coefficient (Wildman–Crippen LogP) is 5.38. The van der Waals surface area contributed by atoms with Crippen LogP contribution in [0.5, 0.6) is 0 Å². The summed E-state index contributed by atoms with van der Waals surface area (Å²) in [7, 11) is 0. The Bertz CT molecular complexity index is 1520. The second kappa shape index (κ2) is 12.5. The first-order valence-corrected chi connectivity index (χ1v) is 14.4. The number of aliphatic imine (C=N–C) groups is 2. The molecule has 5 rings (SSSR count). The molecule has 0 fully saturated rings. The van der Waals surface area contributed by atoms with Crippen molar-refractivity contribution in [2.45, 2.75) is 45.2 Å². The van der Waals surface area contributed by atoms with Gasteiger partial charge in [0.05, 0.1) is 11.4 Å². The number of nitrogens with zero attached hydrogens (tertiary/aromatic N) is 3. The first-order chi connectivity index (χ1) is 19.8. The van der Waals surface area contributed by atoms with Gasteiger partial charge in [-0.1, -0.05) is 62.0 Å². The highest BCUT2D eigenvalue weighted by Gasteiger charge is 2.41. The number of hydrogen-bond acceptors (Lipinski definition) is 6. The highest BCUT2D eigenvalue weighted by Crippen LogP contribution is 2.34. The zero-order chi connectivity index (χ0) is 28.9. The van der Waals surface area contributed by atoms with E-state index in [-0.39, 0.29) is 48.7 Å². The van der Waals surface area contributed by atoms with Crippen molar-refractivity contribution in [3.63, 3.8) is 0 Å². The Morgan fingerprint density at radius 2 is 1.73 bits per heavy atom. The van der Waals surface area contributed by atoms with Gasteiger partial charge in [0.2, 0.25) is 11.8 Å². The molecule has 41 heavy (non-hydrogen) atoms. The van der Waals surface area contributed by atoms with Gasteiger partial charge >= 0.3 is 0 Å². The smallest absolute Gasteiger partial charge is 0.259 e. The van der Waals surface area contributed by atoms with Crippen molar-refractivity contribution < 1.29 is 18.8 Å². The summed E-state index contributed by atoms with van der Waals surface area (Å²) in [5.74, 6) is -0.130. The lowest BCUT2D eigenvalue weighted by Gasteiger charge is -2.25. The SMILES string of the molecule is CC(C)c1ccc(NC(=O)CSC2=Nc3ccccc3C3=N[C@@H](CCC(=O)NCc4ccc(F)cc4)C(=O)N23)cc1. The molecule has 2 N–H and O–H groups in total. The van der Waals surface area contributed by atoms with Crippen LogP contribution in [0, 0.1) is 5.82 Å². The first kappa shape index (κ1) is 28.2. The van der Waals surface area contributed by atoms with E-state index < -0.39 is 6.04 Å². The number of amidine groups is 2. The lowest BCUT2D eigenvalue weighted by molar-refractivity contribution is -0.125. The van der Waals surface area contributed by atoms with Crippen molar-refractivity contribution in [2.75, 3.05) is 11.1 Å². The predicted molar refractivity (Wildman–Crippen MR) is 160 cm³/mol. The third kappa shape index (κ3) is 6.71. The molecule has 0 spiro atoms. The summed E-state index contributed by atoms with van der Waals surface area (Å²) in [6, 6.07) is 20.3. The van der Waals surface area contributed by atoms with E-state index in [4.69, 9.17) is 0 Å². The summed E-state index contributed by atoms with van der Waals surface area (Å²) in [6.45, 7) is 4.49. The van der Waals surface area contributed by atoms with Crippen LogP contribution in [0.15, 0.2) is 82.8 Å². The second-order valence-corrected chi connectivity index (χ2v) is 11.1. The van der Waals surface area contributed by atoms with Crippen molar-refractivity contribution >= 4 is 51.9 Å². The number of para-hydroxylation sites is 1. The maximum absolute atomic E-state index is 13.5. The van der Waals surface area contributed by atoms with E-state index in [0.29, 0.717) is 28.3 Å². The zero-order valence-electron chi connectivity index (χ0n) is 22.8. The van der Waals surface area contributed by atoms with Gasteiger partial charge in [0.1, 0.15) is 17.7 Å². The van der Waals surface area contributed by atoms with E-state index in [1.54, 1.807) is 12.1 Å². The molecule has 2 aliphatic rings. The standard InChI is InChI=1S/C31H30FN5O3S/c1-19(2)21-9-13-23(14-10-21)34-28(39)18-41-31-36-25-6-4-3-5-24(25)29-35-26(30(40)37(29)31)15-16-27(38)33-17-20-7-11-22(32)12-8-20/h3-14,19,26H,15-18H2,1-2H3,(H,33,38)(H,34,39)/t26-/m0/s1. The number of nitrogens with one attached hydrogen (secondary N) is 2. The average Bonchev–Trinajstić information content (AvgIpc) is 3.31. The minimum Gasteiger partial charge on any atom is -0.352 e. The Kier molecular flexibility index (Phi) is 8.58. The van der Waals surface area contributed by atoms with Crippen LogP contribution >= 0.6 is 11.8 Å². The molecule has 0 bridgehead atoms. The number of rotatable bonds is 9. The maximum atomic E-state index is 13.5. The van der Waals surface area contributed by atoms with E-state index in [1.165, 1.54) is 34.4 Å². The summed E-state index contributed by atoms with van der Waals surface area (Å²) < 4.78 is 13.1.